The number of nitrogens with zero attached hydrogens (tertiary/aromatic N) is 2. The van der Waals surface area contributed by atoms with Gasteiger partial charge in [-0.25, -0.2) is 4.79 Å². The van der Waals surface area contributed by atoms with Crippen LogP contribution in [-0.2, 0) is 20.7 Å². The summed E-state index contributed by atoms with van der Waals surface area (Å²) in [5.74, 6) is -0.761. The first-order valence-corrected chi connectivity index (χ1v) is 7.14. The van der Waals surface area contributed by atoms with E-state index in [0.29, 0.717) is 16.1 Å². The highest BCUT2D eigenvalue weighted by molar-refractivity contribution is 7.15. The molecule has 1 rings (SSSR count). The summed E-state index contributed by atoms with van der Waals surface area (Å²) in [4.78, 5) is 23.0. The van der Waals surface area contributed by atoms with Gasteiger partial charge in [-0.05, 0) is 18.0 Å². The van der Waals surface area contributed by atoms with E-state index in [4.69, 9.17) is 16.3 Å². The number of ether oxygens (including phenoxy) is 1. The average Bonchev–Trinajstić information content (AvgIpc) is 2.73. The molecular formula is C11H16ClN3O3S. The molecule has 0 aliphatic heterocycles. The van der Waals surface area contributed by atoms with Crippen LogP contribution in [0.4, 0.5) is 0 Å². The van der Waals surface area contributed by atoms with Crippen molar-refractivity contribution in [3.8, 4) is 0 Å². The van der Waals surface area contributed by atoms with Crippen LogP contribution in [0, 0.1) is 0 Å². The standard InChI is InChI=1S/C11H16ClN3O3S/c1-3-4-5-18-10(17)8(13-7(2)16)6-9-14-15-11(12)19-9/h8H,3-6H2,1-2H3,(H,13,16). The minimum absolute atomic E-state index is 0.231. The van der Waals surface area contributed by atoms with Gasteiger partial charge in [-0.2, -0.15) is 0 Å². The molecule has 1 amide bonds. The van der Waals surface area contributed by atoms with Crippen molar-refractivity contribution in [1.82, 2.24) is 15.5 Å². The van der Waals surface area contributed by atoms with Crippen molar-refractivity contribution in [2.24, 2.45) is 0 Å². The van der Waals surface area contributed by atoms with E-state index in [1.807, 2.05) is 6.92 Å². The van der Waals surface area contributed by atoms with E-state index in [1.165, 1.54) is 18.3 Å². The lowest BCUT2D eigenvalue weighted by atomic mass is 10.2. The number of amides is 1. The number of carbonyl (C=O) groups is 2. The molecule has 1 aromatic rings. The Hall–Kier alpha value is -1.21. The lowest BCUT2D eigenvalue weighted by molar-refractivity contribution is -0.147. The van der Waals surface area contributed by atoms with Crippen molar-refractivity contribution in [3.63, 3.8) is 0 Å². The third kappa shape index (κ3) is 5.98. The Balaban J connectivity index is 2.60. The Labute approximate surface area is 120 Å². The van der Waals surface area contributed by atoms with Gasteiger partial charge in [0, 0.05) is 13.3 Å². The Morgan fingerprint density at radius 2 is 2.21 bits per heavy atom. The molecule has 0 radical (unpaired) electrons. The highest BCUT2D eigenvalue weighted by Gasteiger charge is 2.23. The minimum atomic E-state index is -0.752. The number of hydrogen-bond acceptors (Lipinski definition) is 6. The Bertz CT molecular complexity index is 439. The number of halogens is 1. The van der Waals surface area contributed by atoms with Crippen LogP contribution < -0.4 is 5.32 Å². The van der Waals surface area contributed by atoms with Crippen LogP contribution >= 0.6 is 22.9 Å². The summed E-state index contributed by atoms with van der Waals surface area (Å²) in [7, 11) is 0. The van der Waals surface area contributed by atoms with Crippen LogP contribution in [0.25, 0.3) is 0 Å². The third-order valence-electron chi connectivity index (χ3n) is 2.23. The van der Waals surface area contributed by atoms with Gasteiger partial charge in [0.25, 0.3) is 0 Å². The number of carbonyl (C=O) groups excluding carboxylic acids is 2. The zero-order valence-electron chi connectivity index (χ0n) is 10.8. The molecule has 8 heteroatoms. The topological polar surface area (TPSA) is 81.2 Å². The fourth-order valence-electron chi connectivity index (χ4n) is 1.35. The fraction of sp³-hybridized carbons (Fsp3) is 0.636. The maximum absolute atomic E-state index is 11.9. The van der Waals surface area contributed by atoms with Crippen LogP contribution in [0.2, 0.25) is 4.47 Å². The second-order valence-corrected chi connectivity index (χ2v) is 5.57. The predicted molar refractivity (Wildman–Crippen MR) is 72.1 cm³/mol. The second-order valence-electron chi connectivity index (χ2n) is 3.93. The summed E-state index contributed by atoms with van der Waals surface area (Å²) in [5.41, 5.74) is 0. The van der Waals surface area contributed by atoms with Crippen LogP contribution in [-0.4, -0.2) is 34.7 Å². The van der Waals surface area contributed by atoms with Gasteiger partial charge in [0.15, 0.2) is 0 Å². The maximum Gasteiger partial charge on any atom is 0.329 e. The Morgan fingerprint density at radius 1 is 1.47 bits per heavy atom. The normalized spacial score (nSPS) is 11.9. The van der Waals surface area contributed by atoms with E-state index in [9.17, 15) is 9.59 Å². The first-order chi connectivity index (χ1) is 9.02. The van der Waals surface area contributed by atoms with E-state index in [0.717, 1.165) is 12.8 Å². The second kappa shape index (κ2) is 8.06. The SMILES string of the molecule is CCCCOC(=O)C(Cc1nnc(Cl)s1)NC(C)=O. The molecule has 106 valence electrons. The van der Waals surface area contributed by atoms with Crippen molar-refractivity contribution in [2.45, 2.75) is 39.2 Å². The van der Waals surface area contributed by atoms with E-state index >= 15 is 0 Å². The monoisotopic (exact) mass is 305 g/mol. The number of aromatic nitrogens is 2. The van der Waals surface area contributed by atoms with Gasteiger partial charge in [0.1, 0.15) is 11.0 Å². The molecule has 0 aliphatic carbocycles. The molecule has 6 nitrogen and oxygen atoms in total. The smallest absolute Gasteiger partial charge is 0.329 e. The van der Waals surface area contributed by atoms with Crippen molar-refractivity contribution in [3.05, 3.63) is 9.47 Å². The van der Waals surface area contributed by atoms with Crippen LogP contribution in [0.3, 0.4) is 0 Å². The summed E-state index contributed by atoms with van der Waals surface area (Å²) >= 11 is 6.85. The Kier molecular flexibility index (Phi) is 6.72. The van der Waals surface area contributed by atoms with Gasteiger partial charge in [-0.15, -0.1) is 10.2 Å². The van der Waals surface area contributed by atoms with E-state index in [2.05, 4.69) is 15.5 Å². The summed E-state index contributed by atoms with van der Waals surface area (Å²) in [5, 5.41) is 10.6. The van der Waals surface area contributed by atoms with Gasteiger partial charge < -0.3 is 10.1 Å². The third-order valence-corrected chi connectivity index (χ3v) is 3.27. The lowest BCUT2D eigenvalue weighted by Crippen LogP contribution is -2.42. The maximum atomic E-state index is 11.9. The quantitative estimate of drug-likeness (QED) is 0.611. The zero-order valence-corrected chi connectivity index (χ0v) is 12.4. The zero-order chi connectivity index (χ0) is 14.3. The molecule has 0 aromatic carbocycles. The first-order valence-electron chi connectivity index (χ1n) is 5.94. The Morgan fingerprint density at radius 3 is 2.74 bits per heavy atom. The largest absolute Gasteiger partial charge is 0.464 e. The summed E-state index contributed by atoms with van der Waals surface area (Å²) in [6, 6.07) is -0.752. The predicted octanol–water partition coefficient (Wildman–Crippen LogP) is 1.58. The number of rotatable bonds is 7. The van der Waals surface area contributed by atoms with Crippen LogP contribution in [0.5, 0.6) is 0 Å². The molecule has 0 saturated carbocycles. The van der Waals surface area contributed by atoms with Crippen molar-refractivity contribution in [2.75, 3.05) is 6.61 Å². The molecule has 1 N–H and O–H groups in total. The molecule has 1 atom stereocenters. The first kappa shape index (κ1) is 15.8. The number of unbranched alkanes of at least 4 members (excludes halogenated alkanes) is 1. The highest BCUT2D eigenvalue weighted by atomic mass is 35.5. The number of esters is 1. The van der Waals surface area contributed by atoms with Crippen LogP contribution in [0.15, 0.2) is 0 Å². The lowest BCUT2D eigenvalue weighted by Gasteiger charge is -2.15. The summed E-state index contributed by atoms with van der Waals surface area (Å²) < 4.78 is 5.40. The summed E-state index contributed by atoms with van der Waals surface area (Å²) in [6.07, 6.45) is 1.96. The van der Waals surface area contributed by atoms with Gasteiger partial charge in [0.05, 0.1) is 6.61 Å². The molecule has 1 heterocycles. The van der Waals surface area contributed by atoms with Crippen molar-refractivity contribution >= 4 is 34.8 Å². The number of hydrogen-bond donors (Lipinski definition) is 1. The molecule has 0 aliphatic rings. The van der Waals surface area contributed by atoms with Crippen LogP contribution in [0.1, 0.15) is 31.7 Å². The van der Waals surface area contributed by atoms with E-state index < -0.39 is 12.0 Å². The summed E-state index contributed by atoms with van der Waals surface area (Å²) in [6.45, 7) is 3.70. The fourth-order valence-corrected chi connectivity index (χ4v) is 2.26. The minimum Gasteiger partial charge on any atom is -0.464 e. The van der Waals surface area contributed by atoms with Crippen molar-refractivity contribution in [1.29, 1.82) is 0 Å². The van der Waals surface area contributed by atoms with E-state index in [-0.39, 0.29) is 12.3 Å². The average molecular weight is 306 g/mol. The molecule has 1 aromatic heterocycles. The molecule has 0 saturated heterocycles. The van der Waals surface area contributed by atoms with E-state index in [1.54, 1.807) is 0 Å². The highest BCUT2D eigenvalue weighted by Crippen LogP contribution is 2.16. The molecule has 0 fully saturated rings. The molecule has 0 bridgehead atoms. The molecular weight excluding hydrogens is 290 g/mol. The van der Waals surface area contributed by atoms with Gasteiger partial charge >= 0.3 is 5.97 Å². The molecule has 0 spiro atoms. The van der Waals surface area contributed by atoms with Gasteiger partial charge in [-0.1, -0.05) is 24.7 Å². The number of nitrogens with one attached hydrogen (secondary N) is 1. The van der Waals surface area contributed by atoms with Gasteiger partial charge in [-0.3, -0.25) is 4.79 Å². The van der Waals surface area contributed by atoms with Crippen molar-refractivity contribution < 1.29 is 14.3 Å². The molecule has 19 heavy (non-hydrogen) atoms. The molecule has 1 unspecified atom stereocenters. The van der Waals surface area contributed by atoms with Gasteiger partial charge in [0.2, 0.25) is 10.4 Å².